The van der Waals surface area contributed by atoms with Crippen LogP contribution in [0.2, 0.25) is 5.02 Å². The summed E-state index contributed by atoms with van der Waals surface area (Å²) in [4.78, 5) is 10.7. The van der Waals surface area contributed by atoms with Crippen molar-refractivity contribution in [1.29, 1.82) is 0 Å². The third kappa shape index (κ3) is 4.38. The predicted molar refractivity (Wildman–Crippen MR) is 57.1 cm³/mol. The number of carbonyl (C=O) groups is 1. The lowest BCUT2D eigenvalue weighted by Crippen LogP contribution is -1.98. The van der Waals surface area contributed by atoms with Gasteiger partial charge in [-0.2, -0.15) is 0 Å². The van der Waals surface area contributed by atoms with Gasteiger partial charge in [0.1, 0.15) is 11.6 Å². The summed E-state index contributed by atoms with van der Waals surface area (Å²) in [6, 6.07) is 4.31. The first kappa shape index (κ1) is 13.1. The van der Waals surface area contributed by atoms with Crippen molar-refractivity contribution in [3.05, 3.63) is 34.6 Å². The normalized spacial score (nSPS) is 8.93. The summed E-state index contributed by atoms with van der Waals surface area (Å²) in [6.07, 6.45) is 0.128. The van der Waals surface area contributed by atoms with E-state index in [1.807, 2.05) is 13.8 Å². The van der Waals surface area contributed by atoms with Crippen LogP contribution in [-0.4, -0.2) is 5.78 Å². The van der Waals surface area contributed by atoms with E-state index in [1.165, 1.54) is 19.1 Å². The van der Waals surface area contributed by atoms with Crippen LogP contribution in [0.5, 0.6) is 0 Å². The summed E-state index contributed by atoms with van der Waals surface area (Å²) < 4.78 is 13.0. The van der Waals surface area contributed by atoms with Crippen LogP contribution in [0, 0.1) is 5.82 Å². The van der Waals surface area contributed by atoms with Crippen molar-refractivity contribution >= 4 is 17.4 Å². The molecule has 0 aliphatic carbocycles. The standard InChI is InChI=1S/C9H8ClFO.C2H6/c1-6(12)4-7-2-3-8(10)5-9(7)11;1-2/h2-3,5H,4H2,1H3;1-2H3. The SMILES string of the molecule is CC.CC(=O)Cc1ccc(Cl)cc1F. The summed E-state index contributed by atoms with van der Waals surface area (Å²) in [5.74, 6) is -0.478. The smallest absolute Gasteiger partial charge is 0.134 e. The number of carbonyl (C=O) groups excluding carboxylic acids is 1. The number of Topliss-reactive ketones (excluding diaryl/α,β-unsaturated/α-hetero) is 1. The van der Waals surface area contributed by atoms with Crippen LogP contribution in [0.3, 0.4) is 0 Å². The Balaban J connectivity index is 0.000000791. The molecule has 1 aromatic carbocycles. The molecule has 0 aliphatic heterocycles. The Morgan fingerprint density at radius 1 is 1.43 bits per heavy atom. The van der Waals surface area contributed by atoms with Gasteiger partial charge in [0.15, 0.2) is 0 Å². The van der Waals surface area contributed by atoms with E-state index in [-0.39, 0.29) is 12.2 Å². The molecule has 1 nitrogen and oxygen atoms in total. The van der Waals surface area contributed by atoms with Crippen LogP contribution >= 0.6 is 11.6 Å². The fraction of sp³-hybridized carbons (Fsp3) is 0.364. The molecule has 14 heavy (non-hydrogen) atoms. The zero-order chi connectivity index (χ0) is 11.1. The van der Waals surface area contributed by atoms with Crippen LogP contribution < -0.4 is 0 Å². The van der Waals surface area contributed by atoms with E-state index in [0.29, 0.717) is 10.6 Å². The Morgan fingerprint density at radius 3 is 2.43 bits per heavy atom. The van der Waals surface area contributed by atoms with Gasteiger partial charge in [-0.05, 0) is 24.6 Å². The Hall–Kier alpha value is -0.890. The summed E-state index contributed by atoms with van der Waals surface area (Å²) in [5, 5.41) is 0.347. The quantitative estimate of drug-likeness (QED) is 0.738. The summed E-state index contributed by atoms with van der Waals surface area (Å²) in [7, 11) is 0. The Kier molecular flexibility index (Phi) is 6.13. The van der Waals surface area contributed by atoms with E-state index < -0.39 is 5.82 Å². The van der Waals surface area contributed by atoms with Crippen molar-refractivity contribution < 1.29 is 9.18 Å². The summed E-state index contributed by atoms with van der Waals surface area (Å²) in [6.45, 7) is 5.42. The molecule has 0 spiro atoms. The molecule has 0 saturated carbocycles. The van der Waals surface area contributed by atoms with Gasteiger partial charge in [-0.15, -0.1) is 0 Å². The number of benzene rings is 1. The second-order valence-corrected chi connectivity index (χ2v) is 3.05. The van der Waals surface area contributed by atoms with E-state index in [2.05, 4.69) is 0 Å². The lowest BCUT2D eigenvalue weighted by Gasteiger charge is -1.99. The molecule has 0 atom stereocenters. The minimum Gasteiger partial charge on any atom is -0.300 e. The van der Waals surface area contributed by atoms with Gasteiger partial charge in [0.05, 0.1) is 0 Å². The van der Waals surface area contributed by atoms with Crippen molar-refractivity contribution in [2.75, 3.05) is 0 Å². The van der Waals surface area contributed by atoms with Gasteiger partial charge < -0.3 is 0 Å². The molecule has 0 aliphatic rings. The topological polar surface area (TPSA) is 17.1 Å². The molecular weight excluding hydrogens is 203 g/mol. The number of hydrogen-bond acceptors (Lipinski definition) is 1. The largest absolute Gasteiger partial charge is 0.300 e. The van der Waals surface area contributed by atoms with Crippen molar-refractivity contribution in [2.45, 2.75) is 27.2 Å². The van der Waals surface area contributed by atoms with Gasteiger partial charge in [0.25, 0.3) is 0 Å². The van der Waals surface area contributed by atoms with Crippen LogP contribution in [0.25, 0.3) is 0 Å². The van der Waals surface area contributed by atoms with E-state index in [4.69, 9.17) is 11.6 Å². The summed E-state index contributed by atoms with van der Waals surface area (Å²) >= 11 is 5.53. The molecule has 0 aromatic heterocycles. The first-order valence-corrected chi connectivity index (χ1v) is 4.91. The molecule has 0 N–H and O–H groups in total. The third-order valence-electron chi connectivity index (χ3n) is 1.45. The molecule has 0 radical (unpaired) electrons. The van der Waals surface area contributed by atoms with Crippen molar-refractivity contribution in [3.63, 3.8) is 0 Å². The molecule has 0 bridgehead atoms. The highest BCUT2D eigenvalue weighted by Crippen LogP contribution is 2.14. The van der Waals surface area contributed by atoms with Gasteiger partial charge in [-0.3, -0.25) is 4.79 Å². The second-order valence-electron chi connectivity index (χ2n) is 2.61. The van der Waals surface area contributed by atoms with Crippen molar-refractivity contribution in [3.8, 4) is 0 Å². The van der Waals surface area contributed by atoms with Crippen LogP contribution in [-0.2, 0) is 11.2 Å². The van der Waals surface area contributed by atoms with E-state index in [9.17, 15) is 9.18 Å². The van der Waals surface area contributed by atoms with Gasteiger partial charge in [-0.1, -0.05) is 31.5 Å². The minimum absolute atomic E-state index is 0.0591. The highest BCUT2D eigenvalue weighted by atomic mass is 35.5. The van der Waals surface area contributed by atoms with E-state index >= 15 is 0 Å². The monoisotopic (exact) mass is 216 g/mol. The zero-order valence-electron chi connectivity index (χ0n) is 8.60. The van der Waals surface area contributed by atoms with Gasteiger partial charge in [0.2, 0.25) is 0 Å². The van der Waals surface area contributed by atoms with E-state index in [0.717, 1.165) is 0 Å². The van der Waals surface area contributed by atoms with Crippen molar-refractivity contribution in [1.82, 2.24) is 0 Å². The fourth-order valence-corrected chi connectivity index (χ4v) is 1.09. The van der Waals surface area contributed by atoms with E-state index in [1.54, 1.807) is 6.07 Å². The number of ketones is 1. The third-order valence-corrected chi connectivity index (χ3v) is 1.69. The molecule has 0 saturated heterocycles. The molecule has 1 rings (SSSR count). The lowest BCUT2D eigenvalue weighted by atomic mass is 10.1. The van der Waals surface area contributed by atoms with Gasteiger partial charge >= 0.3 is 0 Å². The maximum atomic E-state index is 13.0. The number of rotatable bonds is 2. The average molecular weight is 217 g/mol. The zero-order valence-corrected chi connectivity index (χ0v) is 9.36. The predicted octanol–water partition coefficient (Wildman–Crippen LogP) is 3.64. The maximum Gasteiger partial charge on any atom is 0.134 e. The highest BCUT2D eigenvalue weighted by molar-refractivity contribution is 6.30. The van der Waals surface area contributed by atoms with Crippen LogP contribution in [0.15, 0.2) is 18.2 Å². The minimum atomic E-state index is -0.419. The first-order valence-electron chi connectivity index (χ1n) is 4.53. The molecule has 78 valence electrons. The molecule has 0 amide bonds. The first-order chi connectivity index (χ1) is 6.59. The highest BCUT2D eigenvalue weighted by Gasteiger charge is 2.04. The number of halogens is 2. The molecule has 0 unspecified atom stereocenters. The van der Waals surface area contributed by atoms with Gasteiger partial charge in [-0.25, -0.2) is 4.39 Å². The Morgan fingerprint density at radius 2 is 2.00 bits per heavy atom. The fourth-order valence-electron chi connectivity index (χ4n) is 0.933. The van der Waals surface area contributed by atoms with Crippen molar-refractivity contribution in [2.24, 2.45) is 0 Å². The lowest BCUT2D eigenvalue weighted by molar-refractivity contribution is -0.116. The molecule has 0 fully saturated rings. The molecule has 0 heterocycles. The average Bonchev–Trinajstić information content (AvgIpc) is 2.13. The number of hydrogen-bond donors (Lipinski definition) is 0. The Bertz CT molecular complexity index is 310. The Labute approximate surface area is 88.9 Å². The molecular formula is C11H14ClFO. The summed E-state index contributed by atoms with van der Waals surface area (Å²) in [5.41, 5.74) is 0.395. The molecule has 1 aromatic rings. The van der Waals surface area contributed by atoms with Crippen LogP contribution in [0.4, 0.5) is 4.39 Å². The maximum absolute atomic E-state index is 13.0. The molecule has 3 heteroatoms. The second kappa shape index (κ2) is 6.55. The van der Waals surface area contributed by atoms with Gasteiger partial charge in [0, 0.05) is 11.4 Å². The van der Waals surface area contributed by atoms with Crippen LogP contribution in [0.1, 0.15) is 26.3 Å².